The van der Waals surface area contributed by atoms with Crippen molar-refractivity contribution in [1.82, 2.24) is 14.4 Å². The highest BCUT2D eigenvalue weighted by atomic mass is 19.1. The quantitative estimate of drug-likeness (QED) is 0.694. The summed E-state index contributed by atoms with van der Waals surface area (Å²) in [6.07, 6.45) is 3.16. The number of ether oxygens (including phenoxy) is 1. The molecule has 2 aromatic heterocycles. The minimum absolute atomic E-state index is 0.193. The van der Waals surface area contributed by atoms with Gasteiger partial charge in [-0.2, -0.15) is 0 Å². The molecule has 0 aliphatic carbocycles. The number of benzene rings is 1. The highest BCUT2D eigenvalue weighted by Gasteiger charge is 2.14. The normalized spacial score (nSPS) is 10.8. The summed E-state index contributed by atoms with van der Waals surface area (Å²) in [7, 11) is 0. The number of rotatable bonds is 3. The number of carbonyl (C=O) groups is 1. The van der Waals surface area contributed by atoms with Crippen LogP contribution in [0.5, 0.6) is 0 Å². The van der Waals surface area contributed by atoms with Gasteiger partial charge in [-0.15, -0.1) is 0 Å². The average molecular weight is 285 g/mol. The Balaban J connectivity index is 2.11. The van der Waals surface area contributed by atoms with E-state index in [1.807, 2.05) is 0 Å². The molecule has 0 unspecified atom stereocenters. The van der Waals surface area contributed by atoms with E-state index in [9.17, 15) is 9.18 Å². The number of hydrogen-bond acceptors (Lipinski definition) is 4. The van der Waals surface area contributed by atoms with Crippen LogP contribution in [0.2, 0.25) is 0 Å². The Morgan fingerprint density at radius 2 is 2.05 bits per heavy atom. The Kier molecular flexibility index (Phi) is 3.35. The van der Waals surface area contributed by atoms with Crippen LogP contribution < -0.4 is 0 Å². The molecule has 0 aliphatic heterocycles. The zero-order valence-corrected chi connectivity index (χ0v) is 11.3. The van der Waals surface area contributed by atoms with Crippen molar-refractivity contribution in [2.45, 2.75) is 6.92 Å². The van der Waals surface area contributed by atoms with E-state index in [1.165, 1.54) is 12.1 Å². The number of hydrogen-bond donors (Lipinski definition) is 0. The molecule has 1 aromatic carbocycles. The molecule has 6 heteroatoms. The molecule has 2 heterocycles. The van der Waals surface area contributed by atoms with Gasteiger partial charge in [0.2, 0.25) is 5.78 Å². The third-order valence-corrected chi connectivity index (χ3v) is 2.99. The van der Waals surface area contributed by atoms with Gasteiger partial charge in [0.05, 0.1) is 12.3 Å². The fraction of sp³-hybridized carbons (Fsp3) is 0.133. The molecule has 0 radical (unpaired) electrons. The lowest BCUT2D eigenvalue weighted by Crippen LogP contribution is -2.04. The molecule has 3 rings (SSSR count). The maximum Gasteiger partial charge on any atom is 0.358 e. The molecule has 5 nitrogen and oxygen atoms in total. The molecule has 0 fully saturated rings. The van der Waals surface area contributed by atoms with Crippen LogP contribution in [-0.2, 0) is 4.74 Å². The fourth-order valence-electron chi connectivity index (χ4n) is 2.05. The SMILES string of the molecule is CCOC(=O)c1cn2c(-c3ccc(F)cc3)ccnc2n1. The van der Waals surface area contributed by atoms with Crippen molar-refractivity contribution in [1.29, 1.82) is 0 Å². The second kappa shape index (κ2) is 5.32. The first-order chi connectivity index (χ1) is 10.2. The molecule has 21 heavy (non-hydrogen) atoms. The Labute approximate surface area is 120 Å². The van der Waals surface area contributed by atoms with Gasteiger partial charge in [0.1, 0.15) is 5.82 Å². The van der Waals surface area contributed by atoms with E-state index in [2.05, 4.69) is 9.97 Å². The lowest BCUT2D eigenvalue weighted by atomic mass is 10.1. The van der Waals surface area contributed by atoms with Crippen molar-refractivity contribution in [2.75, 3.05) is 6.61 Å². The number of fused-ring (bicyclic) bond motifs is 1. The summed E-state index contributed by atoms with van der Waals surface area (Å²) in [5.41, 5.74) is 1.76. The highest BCUT2D eigenvalue weighted by molar-refractivity contribution is 5.88. The lowest BCUT2D eigenvalue weighted by molar-refractivity contribution is 0.0520. The van der Waals surface area contributed by atoms with E-state index in [0.717, 1.165) is 11.3 Å². The first kappa shape index (κ1) is 13.2. The van der Waals surface area contributed by atoms with Crippen molar-refractivity contribution in [3.63, 3.8) is 0 Å². The van der Waals surface area contributed by atoms with Crippen LogP contribution in [0.1, 0.15) is 17.4 Å². The minimum atomic E-state index is -0.493. The number of aromatic nitrogens is 3. The van der Waals surface area contributed by atoms with Crippen molar-refractivity contribution in [2.24, 2.45) is 0 Å². The van der Waals surface area contributed by atoms with Gasteiger partial charge in [-0.25, -0.2) is 19.2 Å². The molecule has 106 valence electrons. The van der Waals surface area contributed by atoms with Crippen molar-refractivity contribution >= 4 is 11.7 Å². The van der Waals surface area contributed by atoms with E-state index in [0.29, 0.717) is 5.78 Å². The summed E-state index contributed by atoms with van der Waals surface area (Å²) in [5.74, 6) is -0.408. The summed E-state index contributed by atoms with van der Waals surface area (Å²) in [6.45, 7) is 2.01. The number of imidazole rings is 1. The molecule has 3 aromatic rings. The maximum atomic E-state index is 13.0. The zero-order chi connectivity index (χ0) is 14.8. The molecular formula is C15H12FN3O2. The van der Waals surface area contributed by atoms with Gasteiger partial charge < -0.3 is 4.74 Å². The first-order valence-electron chi connectivity index (χ1n) is 6.46. The Hall–Kier alpha value is -2.76. The van der Waals surface area contributed by atoms with E-state index in [1.54, 1.807) is 41.9 Å². The molecule has 0 atom stereocenters. The number of carbonyl (C=O) groups excluding carboxylic acids is 1. The second-order valence-corrected chi connectivity index (χ2v) is 4.35. The Morgan fingerprint density at radius 1 is 1.29 bits per heavy atom. The van der Waals surface area contributed by atoms with Gasteiger partial charge in [0.15, 0.2) is 5.69 Å². The van der Waals surface area contributed by atoms with Crippen molar-refractivity contribution in [3.05, 3.63) is 54.2 Å². The van der Waals surface area contributed by atoms with Crippen LogP contribution in [0, 0.1) is 5.82 Å². The van der Waals surface area contributed by atoms with Crippen LogP contribution in [0.25, 0.3) is 17.0 Å². The lowest BCUT2D eigenvalue weighted by Gasteiger charge is -2.04. The molecule has 0 saturated carbocycles. The molecule has 0 N–H and O–H groups in total. The zero-order valence-electron chi connectivity index (χ0n) is 11.3. The smallest absolute Gasteiger partial charge is 0.358 e. The van der Waals surface area contributed by atoms with Gasteiger partial charge in [-0.1, -0.05) is 0 Å². The van der Waals surface area contributed by atoms with E-state index in [4.69, 9.17) is 4.74 Å². The van der Waals surface area contributed by atoms with Crippen LogP contribution in [0.4, 0.5) is 4.39 Å². The molecule has 0 aliphatic rings. The Bertz CT molecular complexity index is 796. The summed E-state index contributed by atoms with van der Waals surface area (Å²) < 4.78 is 19.6. The maximum absolute atomic E-state index is 13.0. The minimum Gasteiger partial charge on any atom is -0.461 e. The van der Waals surface area contributed by atoms with Crippen LogP contribution in [0.3, 0.4) is 0 Å². The van der Waals surface area contributed by atoms with Gasteiger partial charge in [-0.05, 0) is 42.8 Å². The van der Waals surface area contributed by atoms with E-state index >= 15 is 0 Å². The second-order valence-electron chi connectivity index (χ2n) is 4.35. The molecule has 0 bridgehead atoms. The fourth-order valence-corrected chi connectivity index (χ4v) is 2.05. The van der Waals surface area contributed by atoms with Gasteiger partial charge in [-0.3, -0.25) is 4.40 Å². The predicted molar refractivity (Wildman–Crippen MR) is 74.3 cm³/mol. The molecule has 0 spiro atoms. The van der Waals surface area contributed by atoms with Gasteiger partial charge >= 0.3 is 5.97 Å². The van der Waals surface area contributed by atoms with E-state index in [-0.39, 0.29) is 18.1 Å². The average Bonchev–Trinajstić information content (AvgIpc) is 2.92. The Morgan fingerprint density at radius 3 is 2.76 bits per heavy atom. The van der Waals surface area contributed by atoms with Crippen LogP contribution in [0.15, 0.2) is 42.7 Å². The highest BCUT2D eigenvalue weighted by Crippen LogP contribution is 2.20. The predicted octanol–water partition coefficient (Wildman–Crippen LogP) is 2.71. The van der Waals surface area contributed by atoms with Crippen molar-refractivity contribution in [3.8, 4) is 11.3 Å². The number of esters is 1. The summed E-state index contributed by atoms with van der Waals surface area (Å²) in [4.78, 5) is 20.0. The summed E-state index contributed by atoms with van der Waals surface area (Å²) >= 11 is 0. The monoisotopic (exact) mass is 285 g/mol. The van der Waals surface area contributed by atoms with Crippen molar-refractivity contribution < 1.29 is 13.9 Å². The molecule has 0 amide bonds. The topological polar surface area (TPSA) is 56.5 Å². The first-order valence-corrected chi connectivity index (χ1v) is 6.46. The standard InChI is InChI=1S/C15H12FN3O2/c1-2-21-14(20)12-9-19-13(7-8-17-15(19)18-12)10-3-5-11(16)6-4-10/h3-9H,2H2,1H3. The third-order valence-electron chi connectivity index (χ3n) is 2.99. The number of nitrogens with zero attached hydrogens (tertiary/aromatic N) is 3. The van der Waals surface area contributed by atoms with Gasteiger partial charge in [0, 0.05) is 12.4 Å². The van der Waals surface area contributed by atoms with Gasteiger partial charge in [0.25, 0.3) is 0 Å². The third kappa shape index (κ3) is 2.47. The van der Waals surface area contributed by atoms with Crippen LogP contribution in [-0.4, -0.2) is 26.9 Å². The largest absolute Gasteiger partial charge is 0.461 e. The summed E-state index contributed by atoms with van der Waals surface area (Å²) in [5, 5.41) is 0. The number of halogens is 1. The van der Waals surface area contributed by atoms with E-state index < -0.39 is 5.97 Å². The summed E-state index contributed by atoms with van der Waals surface area (Å²) in [6, 6.07) is 7.86. The van der Waals surface area contributed by atoms with Crippen LogP contribution >= 0.6 is 0 Å². The molecule has 0 saturated heterocycles. The molecular weight excluding hydrogens is 273 g/mol.